The number of methoxy groups -OCH3 is 1. The van der Waals surface area contributed by atoms with Crippen molar-refractivity contribution in [3.05, 3.63) is 36.3 Å². The second-order valence-corrected chi connectivity index (χ2v) is 4.02. The fourth-order valence-electron chi connectivity index (χ4n) is 1.64. The highest BCUT2D eigenvalue weighted by Gasteiger charge is 2.31. The minimum absolute atomic E-state index is 0.0476. The number of alkyl halides is 3. The zero-order chi connectivity index (χ0) is 15.5. The van der Waals surface area contributed by atoms with Crippen LogP contribution in [0.4, 0.5) is 24.7 Å². The number of pyridine rings is 1. The van der Waals surface area contributed by atoms with Gasteiger partial charge >= 0.3 is 6.18 Å². The molecule has 112 valence electrons. The van der Waals surface area contributed by atoms with Crippen LogP contribution in [0.3, 0.4) is 0 Å². The molecule has 2 aromatic heterocycles. The summed E-state index contributed by atoms with van der Waals surface area (Å²) in [5.41, 5.74) is -0.540. The minimum atomic E-state index is -4.48. The molecule has 0 bridgehead atoms. The number of nitrogens with zero attached hydrogens (tertiary/aromatic N) is 3. The van der Waals surface area contributed by atoms with E-state index in [1.54, 1.807) is 0 Å². The molecule has 0 unspecified atom stereocenters. The Morgan fingerprint density at radius 2 is 2.14 bits per heavy atom. The average molecular weight is 300 g/mol. The third-order valence-electron chi connectivity index (χ3n) is 2.56. The lowest BCUT2D eigenvalue weighted by atomic mass is 10.2. The Hall–Kier alpha value is -2.42. The molecule has 0 radical (unpaired) electrons. The molecule has 2 heterocycles. The molecular formula is C12H11F3N4O2. The van der Waals surface area contributed by atoms with E-state index < -0.39 is 17.6 Å². The molecule has 0 atom stereocenters. The van der Waals surface area contributed by atoms with Crippen molar-refractivity contribution in [1.29, 1.82) is 0 Å². The number of anilines is 2. The zero-order valence-corrected chi connectivity index (χ0v) is 10.9. The molecular weight excluding hydrogens is 289 g/mol. The number of aromatic nitrogens is 3. The van der Waals surface area contributed by atoms with Crippen molar-refractivity contribution in [2.75, 3.05) is 18.6 Å². The molecule has 0 aliphatic carbocycles. The number of carbonyl (C=O) groups excluding carboxylic acids is 1. The summed E-state index contributed by atoms with van der Waals surface area (Å²) in [7, 11) is 1.34. The van der Waals surface area contributed by atoms with Crippen LogP contribution in [0.5, 0.6) is 0 Å². The number of carbonyl (C=O) groups is 1. The van der Waals surface area contributed by atoms with Gasteiger partial charge in [0.05, 0.1) is 17.4 Å². The Labute approximate surface area is 117 Å². The van der Waals surface area contributed by atoms with Crippen LogP contribution >= 0.6 is 0 Å². The van der Waals surface area contributed by atoms with E-state index in [9.17, 15) is 18.0 Å². The summed E-state index contributed by atoms with van der Waals surface area (Å²) in [6.07, 6.45) is -1.04. The van der Waals surface area contributed by atoms with Gasteiger partial charge in [-0.2, -0.15) is 18.3 Å². The lowest BCUT2D eigenvalue weighted by Gasteiger charge is -2.20. The van der Waals surface area contributed by atoms with Gasteiger partial charge in [-0.05, 0) is 12.1 Å². The van der Waals surface area contributed by atoms with Gasteiger partial charge in [0.25, 0.3) is 5.91 Å². The van der Waals surface area contributed by atoms with Gasteiger partial charge in [0.1, 0.15) is 12.4 Å². The summed E-state index contributed by atoms with van der Waals surface area (Å²) in [4.78, 5) is 16.8. The quantitative estimate of drug-likeness (QED) is 0.939. The monoisotopic (exact) mass is 300 g/mol. The van der Waals surface area contributed by atoms with Gasteiger partial charge in [-0.15, -0.1) is 0 Å². The number of halogens is 3. The van der Waals surface area contributed by atoms with Crippen LogP contribution in [0.2, 0.25) is 0 Å². The largest absolute Gasteiger partial charge is 0.417 e. The summed E-state index contributed by atoms with van der Waals surface area (Å²) < 4.78 is 42.3. The summed E-state index contributed by atoms with van der Waals surface area (Å²) in [6.45, 7) is -0.242. The highest BCUT2D eigenvalue weighted by atomic mass is 19.4. The summed E-state index contributed by atoms with van der Waals surface area (Å²) in [5, 5.41) is 6.22. The van der Waals surface area contributed by atoms with Crippen molar-refractivity contribution < 1.29 is 22.7 Å². The molecule has 2 rings (SSSR count). The molecule has 21 heavy (non-hydrogen) atoms. The van der Waals surface area contributed by atoms with Crippen LogP contribution in [0.15, 0.2) is 30.7 Å². The van der Waals surface area contributed by atoms with Crippen LogP contribution in [-0.4, -0.2) is 34.8 Å². The zero-order valence-electron chi connectivity index (χ0n) is 10.9. The Kier molecular flexibility index (Phi) is 4.22. The van der Waals surface area contributed by atoms with Crippen molar-refractivity contribution >= 4 is 17.4 Å². The third-order valence-corrected chi connectivity index (χ3v) is 2.56. The smallest absolute Gasteiger partial charge is 0.375 e. The van der Waals surface area contributed by atoms with Gasteiger partial charge in [0.2, 0.25) is 0 Å². The van der Waals surface area contributed by atoms with E-state index in [0.717, 1.165) is 17.0 Å². The first-order valence-electron chi connectivity index (χ1n) is 5.77. The molecule has 0 saturated heterocycles. The standard InChI is InChI=1S/C12H11F3N4O2/c1-21-7-11(20)19(9-5-17-18-6-9)10-3-2-8(4-16-10)12(13,14)15/h2-6H,7H2,1H3,(H,17,18). The molecule has 0 spiro atoms. The van der Waals surface area contributed by atoms with Crippen molar-refractivity contribution in [3.63, 3.8) is 0 Å². The third kappa shape index (κ3) is 3.37. The van der Waals surface area contributed by atoms with E-state index in [4.69, 9.17) is 4.74 Å². The lowest BCUT2D eigenvalue weighted by molar-refractivity contribution is -0.137. The number of amides is 1. The Balaban J connectivity index is 2.35. The molecule has 0 saturated carbocycles. The topological polar surface area (TPSA) is 71.1 Å². The van der Waals surface area contributed by atoms with Crippen LogP contribution in [0.1, 0.15) is 5.56 Å². The molecule has 9 heteroatoms. The van der Waals surface area contributed by atoms with Crippen LogP contribution in [0.25, 0.3) is 0 Å². The first-order valence-corrected chi connectivity index (χ1v) is 5.77. The van der Waals surface area contributed by atoms with Gasteiger partial charge in [-0.25, -0.2) is 4.98 Å². The number of rotatable bonds is 4. The SMILES string of the molecule is COCC(=O)N(c1cn[nH]c1)c1ccc(C(F)(F)F)cn1. The fraction of sp³-hybridized carbons (Fsp3) is 0.250. The highest BCUT2D eigenvalue weighted by molar-refractivity contribution is 6.00. The number of H-pyrrole nitrogens is 1. The Bertz CT molecular complexity index is 596. The molecule has 6 nitrogen and oxygen atoms in total. The lowest BCUT2D eigenvalue weighted by Crippen LogP contribution is -2.29. The van der Waals surface area contributed by atoms with Crippen molar-refractivity contribution in [2.24, 2.45) is 0 Å². The molecule has 0 fully saturated rings. The number of hydrogen-bond donors (Lipinski definition) is 1. The van der Waals surface area contributed by atoms with E-state index in [1.807, 2.05) is 0 Å². The van der Waals surface area contributed by atoms with E-state index in [-0.39, 0.29) is 12.4 Å². The molecule has 0 aliphatic heterocycles. The van der Waals surface area contributed by atoms with E-state index >= 15 is 0 Å². The normalized spacial score (nSPS) is 11.4. The van der Waals surface area contributed by atoms with Crippen molar-refractivity contribution in [2.45, 2.75) is 6.18 Å². The first-order chi connectivity index (χ1) is 9.93. The van der Waals surface area contributed by atoms with Gasteiger partial charge in [0, 0.05) is 19.5 Å². The van der Waals surface area contributed by atoms with Crippen LogP contribution in [0, 0.1) is 0 Å². The number of hydrogen-bond acceptors (Lipinski definition) is 4. The second-order valence-electron chi connectivity index (χ2n) is 4.02. The minimum Gasteiger partial charge on any atom is -0.375 e. The predicted molar refractivity (Wildman–Crippen MR) is 66.8 cm³/mol. The Morgan fingerprint density at radius 3 is 2.62 bits per heavy atom. The van der Waals surface area contributed by atoms with E-state index in [0.29, 0.717) is 11.9 Å². The van der Waals surface area contributed by atoms with E-state index in [2.05, 4.69) is 15.2 Å². The molecule has 2 aromatic rings. The fourth-order valence-corrected chi connectivity index (χ4v) is 1.64. The summed E-state index contributed by atoms with van der Waals surface area (Å²) >= 11 is 0. The number of ether oxygens (including phenoxy) is 1. The van der Waals surface area contributed by atoms with Crippen molar-refractivity contribution in [1.82, 2.24) is 15.2 Å². The summed E-state index contributed by atoms with van der Waals surface area (Å²) in [5.74, 6) is -0.433. The molecule has 1 amide bonds. The average Bonchev–Trinajstić information content (AvgIpc) is 2.93. The predicted octanol–water partition coefficient (Wildman–Crippen LogP) is 2.13. The maximum atomic E-state index is 12.5. The van der Waals surface area contributed by atoms with Crippen LogP contribution in [-0.2, 0) is 15.7 Å². The van der Waals surface area contributed by atoms with E-state index in [1.165, 1.54) is 19.5 Å². The summed E-state index contributed by atoms with van der Waals surface area (Å²) in [6, 6.07) is 1.97. The molecule has 1 N–H and O–H groups in total. The highest BCUT2D eigenvalue weighted by Crippen LogP contribution is 2.30. The van der Waals surface area contributed by atoms with Crippen molar-refractivity contribution in [3.8, 4) is 0 Å². The maximum absolute atomic E-state index is 12.5. The second kappa shape index (κ2) is 5.92. The van der Waals surface area contributed by atoms with Gasteiger partial charge < -0.3 is 4.74 Å². The number of nitrogens with one attached hydrogen (secondary N) is 1. The Morgan fingerprint density at radius 1 is 1.38 bits per heavy atom. The molecule has 0 aromatic carbocycles. The maximum Gasteiger partial charge on any atom is 0.417 e. The van der Waals surface area contributed by atoms with Gasteiger partial charge in [0.15, 0.2) is 0 Å². The van der Waals surface area contributed by atoms with Gasteiger partial charge in [-0.3, -0.25) is 14.8 Å². The first kappa shape index (κ1) is 15.0. The number of aromatic amines is 1. The van der Waals surface area contributed by atoms with Crippen LogP contribution < -0.4 is 4.90 Å². The van der Waals surface area contributed by atoms with Gasteiger partial charge in [-0.1, -0.05) is 0 Å². The molecule has 0 aliphatic rings.